The zero-order valence-corrected chi connectivity index (χ0v) is 18.5. The summed E-state index contributed by atoms with van der Waals surface area (Å²) >= 11 is 0. The molecular weight excluding hydrogens is 418 g/mol. The van der Waals surface area contributed by atoms with Crippen LogP contribution >= 0.6 is 0 Å². The van der Waals surface area contributed by atoms with Crippen molar-refractivity contribution in [3.05, 3.63) is 65.7 Å². The van der Waals surface area contributed by atoms with E-state index in [2.05, 4.69) is 0 Å². The van der Waals surface area contributed by atoms with Gasteiger partial charge in [0.05, 0.1) is 36.1 Å². The summed E-state index contributed by atoms with van der Waals surface area (Å²) in [6.45, 7) is 1.56. The highest BCUT2D eigenvalue weighted by Crippen LogP contribution is 2.16. The molecule has 0 aromatic heterocycles. The van der Waals surface area contributed by atoms with Crippen LogP contribution in [0.3, 0.4) is 0 Å². The fourth-order valence-corrected chi connectivity index (χ4v) is 4.04. The fraction of sp³-hybridized carbons (Fsp3) is 0.318. The van der Waals surface area contributed by atoms with Crippen LogP contribution in [0.1, 0.15) is 18.1 Å². The van der Waals surface area contributed by atoms with Gasteiger partial charge in [-0.25, -0.2) is 8.42 Å². The largest absolute Gasteiger partial charge is 0.469 e. The number of methoxy groups -OCH3 is 1. The molecule has 164 valence electrons. The second-order valence-corrected chi connectivity index (χ2v) is 9.13. The van der Waals surface area contributed by atoms with E-state index in [0.29, 0.717) is 5.56 Å². The van der Waals surface area contributed by atoms with Crippen LogP contribution in [-0.4, -0.2) is 56.7 Å². The van der Waals surface area contributed by atoms with E-state index in [0.717, 1.165) is 9.87 Å². The van der Waals surface area contributed by atoms with Crippen molar-refractivity contribution >= 4 is 21.9 Å². The SMILES string of the molecule is COC(=O)C(C)CN(Cc1ccccc1)C(=O)CN(C)S(=O)(=O)c1ccc(C#N)cc1. The molecule has 0 N–H and O–H groups in total. The van der Waals surface area contributed by atoms with Crippen molar-refractivity contribution in [2.75, 3.05) is 27.2 Å². The highest BCUT2D eigenvalue weighted by atomic mass is 32.2. The minimum absolute atomic E-state index is 0.0145. The van der Waals surface area contributed by atoms with Crippen molar-refractivity contribution in [3.63, 3.8) is 0 Å². The summed E-state index contributed by atoms with van der Waals surface area (Å²) in [5.41, 5.74) is 1.19. The topological polar surface area (TPSA) is 108 Å². The molecule has 0 radical (unpaired) electrons. The molecule has 0 saturated carbocycles. The lowest BCUT2D eigenvalue weighted by Crippen LogP contribution is -2.43. The summed E-state index contributed by atoms with van der Waals surface area (Å²) < 4.78 is 31.4. The first-order valence-corrected chi connectivity index (χ1v) is 11.0. The molecule has 0 spiro atoms. The summed E-state index contributed by atoms with van der Waals surface area (Å²) in [7, 11) is -1.34. The normalized spacial score (nSPS) is 12.1. The van der Waals surface area contributed by atoms with Crippen LogP contribution in [0.2, 0.25) is 0 Å². The van der Waals surface area contributed by atoms with Crippen LogP contribution in [-0.2, 0) is 30.9 Å². The number of carbonyl (C=O) groups is 2. The Labute approximate surface area is 182 Å². The summed E-state index contributed by atoms with van der Waals surface area (Å²) in [4.78, 5) is 26.3. The number of nitrogens with zero attached hydrogens (tertiary/aromatic N) is 3. The molecule has 0 aliphatic heterocycles. The Morgan fingerprint density at radius 1 is 1.10 bits per heavy atom. The maximum atomic E-state index is 13.0. The molecule has 2 aromatic carbocycles. The van der Waals surface area contributed by atoms with Gasteiger partial charge in [0.15, 0.2) is 0 Å². The molecule has 0 aliphatic rings. The number of rotatable bonds is 9. The molecule has 0 heterocycles. The van der Waals surface area contributed by atoms with Gasteiger partial charge in [-0.15, -0.1) is 0 Å². The van der Waals surface area contributed by atoms with Crippen LogP contribution in [0.4, 0.5) is 0 Å². The standard InChI is InChI=1S/C22H25N3O5S/c1-17(22(27)30-3)14-25(15-19-7-5-4-6-8-19)21(26)16-24(2)31(28,29)20-11-9-18(13-23)10-12-20/h4-12,17H,14-16H2,1-3H3. The molecule has 0 bridgehead atoms. The van der Waals surface area contributed by atoms with E-state index >= 15 is 0 Å². The van der Waals surface area contributed by atoms with E-state index in [1.807, 2.05) is 36.4 Å². The van der Waals surface area contributed by atoms with E-state index in [1.54, 1.807) is 6.92 Å². The highest BCUT2D eigenvalue weighted by Gasteiger charge is 2.27. The van der Waals surface area contributed by atoms with Crippen LogP contribution in [0.15, 0.2) is 59.5 Å². The first-order valence-electron chi connectivity index (χ1n) is 9.55. The second kappa shape index (κ2) is 10.7. The quantitative estimate of drug-likeness (QED) is 0.549. The third-order valence-corrected chi connectivity index (χ3v) is 6.53. The number of hydrogen-bond donors (Lipinski definition) is 0. The molecule has 8 nitrogen and oxygen atoms in total. The minimum Gasteiger partial charge on any atom is -0.469 e. The number of ether oxygens (including phenoxy) is 1. The Morgan fingerprint density at radius 3 is 2.26 bits per heavy atom. The summed E-state index contributed by atoms with van der Waals surface area (Å²) in [6.07, 6.45) is 0. The lowest BCUT2D eigenvalue weighted by molar-refractivity contribution is -0.146. The molecule has 0 saturated heterocycles. The number of nitriles is 1. The van der Waals surface area contributed by atoms with Gasteiger partial charge in [-0.1, -0.05) is 37.3 Å². The predicted molar refractivity (Wildman–Crippen MR) is 114 cm³/mol. The molecule has 0 fully saturated rings. The average Bonchev–Trinajstić information content (AvgIpc) is 2.78. The number of carbonyl (C=O) groups excluding carboxylic acids is 2. The lowest BCUT2D eigenvalue weighted by Gasteiger charge is -2.27. The van der Waals surface area contributed by atoms with E-state index < -0.39 is 34.4 Å². The van der Waals surface area contributed by atoms with Crippen molar-refractivity contribution < 1.29 is 22.7 Å². The molecule has 2 aromatic rings. The van der Waals surface area contributed by atoms with Crippen LogP contribution in [0.25, 0.3) is 0 Å². The Hall–Kier alpha value is -3.22. The smallest absolute Gasteiger partial charge is 0.310 e. The fourth-order valence-electron chi connectivity index (χ4n) is 2.92. The Morgan fingerprint density at radius 2 is 1.71 bits per heavy atom. The molecule has 1 unspecified atom stereocenters. The molecule has 1 atom stereocenters. The molecule has 2 rings (SSSR count). The number of likely N-dealkylation sites (N-methyl/N-ethyl adjacent to an activating group) is 1. The Bertz CT molecular complexity index is 1050. The third kappa shape index (κ3) is 6.38. The molecule has 9 heteroatoms. The number of benzene rings is 2. The third-order valence-electron chi connectivity index (χ3n) is 4.72. The van der Waals surface area contributed by atoms with Crippen LogP contribution in [0.5, 0.6) is 0 Å². The zero-order chi connectivity index (χ0) is 23.0. The van der Waals surface area contributed by atoms with Gasteiger partial charge in [0, 0.05) is 20.1 Å². The number of hydrogen-bond acceptors (Lipinski definition) is 6. The summed E-state index contributed by atoms with van der Waals surface area (Å²) in [6, 6.07) is 16.6. The van der Waals surface area contributed by atoms with E-state index in [4.69, 9.17) is 10.00 Å². The second-order valence-electron chi connectivity index (χ2n) is 7.08. The lowest BCUT2D eigenvalue weighted by atomic mass is 10.1. The van der Waals surface area contributed by atoms with E-state index in [-0.39, 0.29) is 18.0 Å². The molecular formula is C22H25N3O5S. The van der Waals surface area contributed by atoms with E-state index in [1.165, 1.54) is 43.3 Å². The van der Waals surface area contributed by atoms with Gasteiger partial charge >= 0.3 is 5.97 Å². The van der Waals surface area contributed by atoms with Crippen molar-refractivity contribution in [2.45, 2.75) is 18.4 Å². The highest BCUT2D eigenvalue weighted by molar-refractivity contribution is 7.89. The molecule has 0 aliphatic carbocycles. The van der Waals surface area contributed by atoms with E-state index in [9.17, 15) is 18.0 Å². The monoisotopic (exact) mass is 443 g/mol. The number of amides is 1. The Balaban J connectivity index is 2.20. The first-order chi connectivity index (χ1) is 14.7. The van der Waals surface area contributed by atoms with Gasteiger partial charge in [0.25, 0.3) is 0 Å². The van der Waals surface area contributed by atoms with Gasteiger partial charge < -0.3 is 9.64 Å². The van der Waals surface area contributed by atoms with Crippen LogP contribution in [0, 0.1) is 17.2 Å². The zero-order valence-electron chi connectivity index (χ0n) is 17.7. The Kier molecular flexibility index (Phi) is 8.30. The number of esters is 1. The van der Waals surface area contributed by atoms with Crippen molar-refractivity contribution in [1.82, 2.24) is 9.21 Å². The van der Waals surface area contributed by atoms with Gasteiger partial charge in [-0.2, -0.15) is 9.57 Å². The molecule has 1 amide bonds. The van der Waals surface area contributed by atoms with Crippen molar-refractivity contribution in [3.8, 4) is 6.07 Å². The van der Waals surface area contributed by atoms with Gasteiger partial charge in [0.1, 0.15) is 0 Å². The van der Waals surface area contributed by atoms with Gasteiger partial charge in [-0.3, -0.25) is 9.59 Å². The van der Waals surface area contributed by atoms with Crippen LogP contribution < -0.4 is 0 Å². The molecule has 31 heavy (non-hydrogen) atoms. The van der Waals surface area contributed by atoms with Gasteiger partial charge in [0.2, 0.25) is 15.9 Å². The predicted octanol–water partition coefficient (Wildman–Crippen LogP) is 2.02. The number of sulfonamides is 1. The summed E-state index contributed by atoms with van der Waals surface area (Å²) in [5, 5.41) is 8.88. The maximum Gasteiger partial charge on any atom is 0.310 e. The van der Waals surface area contributed by atoms with Gasteiger partial charge in [-0.05, 0) is 29.8 Å². The van der Waals surface area contributed by atoms with Crippen molar-refractivity contribution in [1.29, 1.82) is 5.26 Å². The summed E-state index contributed by atoms with van der Waals surface area (Å²) in [5.74, 6) is -1.47. The minimum atomic E-state index is -3.93. The maximum absolute atomic E-state index is 13.0. The average molecular weight is 444 g/mol. The first kappa shape index (κ1) is 24.1. The van der Waals surface area contributed by atoms with Crippen molar-refractivity contribution in [2.24, 2.45) is 5.92 Å².